The van der Waals surface area contributed by atoms with Crippen LogP contribution >= 0.6 is 0 Å². The second kappa shape index (κ2) is 8.80. The van der Waals surface area contributed by atoms with Gasteiger partial charge in [0.05, 0.1) is 0 Å². The molecule has 0 aromatic carbocycles. The van der Waals surface area contributed by atoms with E-state index in [4.69, 9.17) is 5.11 Å². The van der Waals surface area contributed by atoms with Gasteiger partial charge in [-0.2, -0.15) is 0 Å². The fourth-order valence-electron chi connectivity index (χ4n) is 0.970. The number of aliphatic hydroxyl groups excluding tert-OH is 2. The van der Waals surface area contributed by atoms with Crippen molar-refractivity contribution < 1.29 is 10.2 Å². The van der Waals surface area contributed by atoms with Crippen molar-refractivity contribution in [2.75, 3.05) is 6.61 Å². The van der Waals surface area contributed by atoms with Crippen LogP contribution in [0.5, 0.6) is 0 Å². The van der Waals surface area contributed by atoms with E-state index in [1.54, 1.807) is 0 Å². The van der Waals surface area contributed by atoms with Crippen LogP contribution in [0.3, 0.4) is 0 Å². The molecule has 0 bridgehead atoms. The number of allylic oxidation sites excluding steroid dienone is 1. The normalized spacial score (nSPS) is 11.6. The Balaban J connectivity index is 3.48. The SMILES string of the molecule is C=C(C)CCC(O)C#CCCCCO. The van der Waals surface area contributed by atoms with Crippen LogP contribution in [-0.4, -0.2) is 22.9 Å². The van der Waals surface area contributed by atoms with Gasteiger partial charge in [-0.05, 0) is 32.6 Å². The number of aliphatic hydroxyl groups is 2. The molecule has 0 fully saturated rings. The summed E-state index contributed by atoms with van der Waals surface area (Å²) in [5, 5.41) is 17.9. The molecule has 0 heterocycles. The second-order valence-corrected chi connectivity index (χ2v) is 3.51. The molecule has 0 aliphatic carbocycles. The molecule has 0 aromatic rings. The summed E-state index contributed by atoms with van der Waals surface area (Å²) < 4.78 is 0. The highest BCUT2D eigenvalue weighted by Gasteiger charge is 1.97. The average Bonchev–Trinajstić information content (AvgIpc) is 2.14. The Morgan fingerprint density at radius 1 is 1.43 bits per heavy atom. The molecule has 2 N–H and O–H groups in total. The van der Waals surface area contributed by atoms with Crippen LogP contribution in [0.15, 0.2) is 12.2 Å². The van der Waals surface area contributed by atoms with Crippen molar-refractivity contribution in [3.63, 3.8) is 0 Å². The molecule has 80 valence electrons. The van der Waals surface area contributed by atoms with Gasteiger partial charge in [-0.25, -0.2) is 0 Å². The highest BCUT2D eigenvalue weighted by molar-refractivity contribution is 5.05. The summed E-state index contributed by atoms with van der Waals surface area (Å²) in [6, 6.07) is 0. The molecular formula is C12H20O2. The van der Waals surface area contributed by atoms with Crippen LogP contribution in [0.4, 0.5) is 0 Å². The van der Waals surface area contributed by atoms with Crippen molar-refractivity contribution in [1.29, 1.82) is 0 Å². The molecule has 0 aliphatic heterocycles. The quantitative estimate of drug-likeness (QED) is 0.387. The van der Waals surface area contributed by atoms with Gasteiger partial charge in [0.1, 0.15) is 6.10 Å². The molecule has 0 aliphatic rings. The molecule has 2 nitrogen and oxygen atoms in total. The first-order valence-electron chi connectivity index (χ1n) is 5.08. The van der Waals surface area contributed by atoms with Crippen LogP contribution < -0.4 is 0 Å². The molecule has 1 unspecified atom stereocenters. The maximum atomic E-state index is 9.39. The van der Waals surface area contributed by atoms with Crippen molar-refractivity contribution in [2.45, 2.75) is 45.1 Å². The van der Waals surface area contributed by atoms with Gasteiger partial charge in [0, 0.05) is 13.0 Å². The van der Waals surface area contributed by atoms with Crippen LogP contribution in [0.25, 0.3) is 0 Å². The van der Waals surface area contributed by atoms with E-state index in [9.17, 15) is 5.11 Å². The summed E-state index contributed by atoms with van der Waals surface area (Å²) in [6.45, 7) is 5.93. The van der Waals surface area contributed by atoms with E-state index in [1.807, 2.05) is 6.92 Å². The number of rotatable bonds is 6. The van der Waals surface area contributed by atoms with Crippen molar-refractivity contribution in [3.05, 3.63) is 12.2 Å². The minimum atomic E-state index is -0.527. The zero-order valence-electron chi connectivity index (χ0n) is 8.92. The van der Waals surface area contributed by atoms with Gasteiger partial charge in [0.2, 0.25) is 0 Å². The molecule has 14 heavy (non-hydrogen) atoms. The number of unbranched alkanes of at least 4 members (excludes halogenated alkanes) is 2. The van der Waals surface area contributed by atoms with Crippen LogP contribution in [0.1, 0.15) is 39.0 Å². The minimum absolute atomic E-state index is 0.222. The van der Waals surface area contributed by atoms with Crippen molar-refractivity contribution in [3.8, 4) is 11.8 Å². The van der Waals surface area contributed by atoms with E-state index >= 15 is 0 Å². The Bertz CT molecular complexity index is 210. The average molecular weight is 196 g/mol. The summed E-state index contributed by atoms with van der Waals surface area (Å²) in [4.78, 5) is 0. The Labute approximate surface area is 86.7 Å². The van der Waals surface area contributed by atoms with Crippen LogP contribution in [0.2, 0.25) is 0 Å². The zero-order chi connectivity index (χ0) is 10.8. The predicted octanol–water partition coefficient (Wildman–Crippen LogP) is 1.87. The van der Waals surface area contributed by atoms with Gasteiger partial charge in [-0.1, -0.05) is 11.5 Å². The molecular weight excluding hydrogens is 176 g/mol. The maximum Gasteiger partial charge on any atom is 0.115 e. The van der Waals surface area contributed by atoms with Crippen molar-refractivity contribution in [1.82, 2.24) is 0 Å². The monoisotopic (exact) mass is 196 g/mol. The number of hydrogen-bond acceptors (Lipinski definition) is 2. The lowest BCUT2D eigenvalue weighted by molar-refractivity contribution is 0.222. The molecule has 0 amide bonds. The topological polar surface area (TPSA) is 40.5 Å². The van der Waals surface area contributed by atoms with E-state index in [0.29, 0.717) is 6.42 Å². The maximum absolute atomic E-state index is 9.39. The van der Waals surface area contributed by atoms with Gasteiger partial charge in [0.25, 0.3) is 0 Å². The van der Waals surface area contributed by atoms with Crippen molar-refractivity contribution in [2.24, 2.45) is 0 Å². The summed E-state index contributed by atoms with van der Waals surface area (Å²) in [5.74, 6) is 5.68. The van der Waals surface area contributed by atoms with E-state index in [0.717, 1.165) is 31.3 Å². The van der Waals surface area contributed by atoms with Gasteiger partial charge in [-0.15, -0.1) is 12.5 Å². The summed E-state index contributed by atoms with van der Waals surface area (Å²) in [7, 11) is 0. The minimum Gasteiger partial charge on any atom is -0.396 e. The van der Waals surface area contributed by atoms with Gasteiger partial charge >= 0.3 is 0 Å². The molecule has 0 saturated carbocycles. The Kier molecular flexibility index (Phi) is 8.31. The molecule has 0 rings (SSSR count). The Hall–Kier alpha value is -0.780. The zero-order valence-corrected chi connectivity index (χ0v) is 8.92. The second-order valence-electron chi connectivity index (χ2n) is 3.51. The Morgan fingerprint density at radius 3 is 2.71 bits per heavy atom. The van der Waals surface area contributed by atoms with Crippen LogP contribution in [-0.2, 0) is 0 Å². The molecule has 1 atom stereocenters. The van der Waals surface area contributed by atoms with E-state index in [2.05, 4.69) is 18.4 Å². The largest absolute Gasteiger partial charge is 0.396 e. The highest BCUT2D eigenvalue weighted by Crippen LogP contribution is 2.03. The molecule has 0 saturated heterocycles. The predicted molar refractivity (Wildman–Crippen MR) is 58.8 cm³/mol. The van der Waals surface area contributed by atoms with E-state index in [-0.39, 0.29) is 6.61 Å². The molecule has 0 spiro atoms. The third-order valence-corrected chi connectivity index (χ3v) is 1.82. The standard InChI is InChI=1S/C12H20O2/c1-11(2)8-9-12(14)7-5-3-4-6-10-13/h12-14H,1,3-4,6,8-10H2,2H3. The summed E-state index contributed by atoms with van der Waals surface area (Å²) in [6.07, 6.45) is 3.41. The van der Waals surface area contributed by atoms with Crippen molar-refractivity contribution >= 4 is 0 Å². The first-order chi connectivity index (χ1) is 6.66. The summed E-state index contributed by atoms with van der Waals surface area (Å²) in [5.41, 5.74) is 1.08. The molecule has 0 radical (unpaired) electrons. The van der Waals surface area contributed by atoms with Gasteiger partial charge in [0.15, 0.2) is 0 Å². The smallest absolute Gasteiger partial charge is 0.115 e. The van der Waals surface area contributed by atoms with E-state index < -0.39 is 6.10 Å². The lowest BCUT2D eigenvalue weighted by atomic mass is 10.1. The van der Waals surface area contributed by atoms with Gasteiger partial charge in [-0.3, -0.25) is 0 Å². The van der Waals surface area contributed by atoms with Gasteiger partial charge < -0.3 is 10.2 Å². The highest BCUT2D eigenvalue weighted by atomic mass is 16.3. The lowest BCUT2D eigenvalue weighted by Crippen LogP contribution is -2.02. The fourth-order valence-corrected chi connectivity index (χ4v) is 0.970. The third kappa shape index (κ3) is 9.31. The molecule has 0 aromatic heterocycles. The van der Waals surface area contributed by atoms with E-state index in [1.165, 1.54) is 0 Å². The first kappa shape index (κ1) is 13.2. The van der Waals surface area contributed by atoms with Crippen LogP contribution in [0, 0.1) is 11.8 Å². The number of hydrogen-bond donors (Lipinski definition) is 2. The summed E-state index contributed by atoms with van der Waals surface area (Å²) >= 11 is 0. The Morgan fingerprint density at radius 2 is 2.14 bits per heavy atom. The first-order valence-corrected chi connectivity index (χ1v) is 5.08. The molecule has 2 heteroatoms. The third-order valence-electron chi connectivity index (χ3n) is 1.82. The lowest BCUT2D eigenvalue weighted by Gasteiger charge is -2.01. The fraction of sp³-hybridized carbons (Fsp3) is 0.667.